The molecule has 112 valence electrons. The average Bonchev–Trinajstić information content (AvgIpc) is 2.37. The number of anilines is 1. The molecule has 0 saturated heterocycles. The van der Waals surface area contributed by atoms with Crippen molar-refractivity contribution in [3.8, 4) is 0 Å². The second kappa shape index (κ2) is 6.07. The van der Waals surface area contributed by atoms with Crippen molar-refractivity contribution in [3.05, 3.63) is 51.9 Å². The predicted octanol–water partition coefficient (Wildman–Crippen LogP) is 4.98. The molecule has 1 atom stereocenters. The lowest BCUT2D eigenvalue weighted by Crippen LogP contribution is -2.14. The summed E-state index contributed by atoms with van der Waals surface area (Å²) in [5, 5.41) is 3.10. The molecule has 0 radical (unpaired) electrons. The Morgan fingerprint density at radius 1 is 1.14 bits per heavy atom. The fourth-order valence-corrected chi connectivity index (χ4v) is 2.08. The van der Waals surface area contributed by atoms with Gasteiger partial charge < -0.3 is 5.32 Å². The van der Waals surface area contributed by atoms with Crippen molar-refractivity contribution in [1.29, 1.82) is 0 Å². The first-order valence-electron chi connectivity index (χ1n) is 5.89. The first kappa shape index (κ1) is 15.9. The molecule has 0 fully saturated rings. The van der Waals surface area contributed by atoms with Gasteiger partial charge in [-0.2, -0.15) is 13.2 Å². The van der Waals surface area contributed by atoms with Gasteiger partial charge in [0.25, 0.3) is 0 Å². The summed E-state index contributed by atoms with van der Waals surface area (Å²) < 4.78 is 37.9. The van der Waals surface area contributed by atoms with Crippen LogP contribution in [-0.2, 0) is 6.18 Å². The van der Waals surface area contributed by atoms with Crippen molar-refractivity contribution in [3.63, 3.8) is 0 Å². The van der Waals surface area contributed by atoms with E-state index in [2.05, 4.69) is 15.3 Å². The van der Waals surface area contributed by atoms with Crippen LogP contribution in [0.4, 0.5) is 19.0 Å². The highest BCUT2D eigenvalue weighted by Gasteiger charge is 2.35. The molecule has 2 aromatic rings. The van der Waals surface area contributed by atoms with Crippen molar-refractivity contribution < 1.29 is 13.2 Å². The maximum atomic E-state index is 12.6. The van der Waals surface area contributed by atoms with Crippen molar-refractivity contribution in [2.75, 3.05) is 5.32 Å². The third-order valence-electron chi connectivity index (χ3n) is 2.66. The minimum atomic E-state index is -4.65. The Bertz CT molecular complexity index is 647. The van der Waals surface area contributed by atoms with Crippen LogP contribution in [0.1, 0.15) is 24.4 Å². The summed E-state index contributed by atoms with van der Waals surface area (Å²) in [6.07, 6.45) is -4.65. The van der Waals surface area contributed by atoms with E-state index in [-0.39, 0.29) is 17.0 Å². The van der Waals surface area contributed by atoms with E-state index in [4.69, 9.17) is 23.2 Å². The summed E-state index contributed by atoms with van der Waals surface area (Å²) in [6, 6.07) is 7.92. The van der Waals surface area contributed by atoms with E-state index in [9.17, 15) is 13.2 Å². The summed E-state index contributed by atoms with van der Waals surface area (Å²) in [4.78, 5) is 6.60. The Hall–Kier alpha value is -1.53. The van der Waals surface area contributed by atoms with Crippen LogP contribution in [0.15, 0.2) is 30.3 Å². The summed E-state index contributed by atoms with van der Waals surface area (Å²) >= 11 is 11.5. The second-order valence-corrected chi connectivity index (χ2v) is 5.14. The van der Waals surface area contributed by atoms with Crippen LogP contribution in [0, 0.1) is 0 Å². The number of aromatic nitrogens is 2. The summed E-state index contributed by atoms with van der Waals surface area (Å²) in [5.74, 6) is -1.29. The largest absolute Gasteiger partial charge is 0.451 e. The van der Waals surface area contributed by atoms with Gasteiger partial charge in [0.2, 0.25) is 5.82 Å². The number of rotatable bonds is 3. The molecule has 1 aromatic heterocycles. The predicted molar refractivity (Wildman–Crippen MR) is 75.5 cm³/mol. The van der Waals surface area contributed by atoms with Crippen LogP contribution >= 0.6 is 23.2 Å². The molecule has 0 aliphatic carbocycles. The average molecular weight is 336 g/mol. The highest BCUT2D eigenvalue weighted by atomic mass is 35.5. The Morgan fingerprint density at radius 3 is 2.48 bits per heavy atom. The van der Waals surface area contributed by atoms with Gasteiger partial charge in [-0.15, -0.1) is 0 Å². The van der Waals surface area contributed by atoms with E-state index in [1.165, 1.54) is 6.07 Å². The SMILES string of the molecule is CC(Nc1cc(Cl)nc(C(F)(F)F)n1)c1cccc(Cl)c1. The number of halogens is 5. The third-order valence-corrected chi connectivity index (χ3v) is 3.09. The highest BCUT2D eigenvalue weighted by molar-refractivity contribution is 6.30. The zero-order chi connectivity index (χ0) is 15.6. The van der Waals surface area contributed by atoms with Gasteiger partial charge >= 0.3 is 6.18 Å². The zero-order valence-electron chi connectivity index (χ0n) is 10.7. The van der Waals surface area contributed by atoms with Crippen LogP contribution in [0.2, 0.25) is 10.2 Å². The molecule has 0 aliphatic rings. The summed E-state index contributed by atoms with van der Waals surface area (Å²) in [5.41, 5.74) is 0.811. The first-order valence-corrected chi connectivity index (χ1v) is 6.65. The van der Waals surface area contributed by atoms with Gasteiger partial charge in [0.1, 0.15) is 11.0 Å². The van der Waals surface area contributed by atoms with Crippen molar-refractivity contribution in [2.45, 2.75) is 19.1 Å². The van der Waals surface area contributed by atoms with Crippen LogP contribution < -0.4 is 5.32 Å². The molecule has 0 saturated carbocycles. The van der Waals surface area contributed by atoms with Crippen molar-refractivity contribution in [2.24, 2.45) is 0 Å². The Labute approximate surface area is 129 Å². The van der Waals surface area contributed by atoms with Gasteiger partial charge in [-0.25, -0.2) is 9.97 Å². The van der Waals surface area contributed by atoms with E-state index in [0.717, 1.165) is 5.56 Å². The molecule has 1 unspecified atom stereocenters. The molecule has 1 aromatic carbocycles. The number of nitrogens with zero attached hydrogens (tertiary/aromatic N) is 2. The van der Waals surface area contributed by atoms with E-state index >= 15 is 0 Å². The normalized spacial score (nSPS) is 13.0. The van der Waals surface area contributed by atoms with Crippen molar-refractivity contribution >= 4 is 29.0 Å². The Morgan fingerprint density at radius 2 is 1.86 bits per heavy atom. The fourth-order valence-electron chi connectivity index (χ4n) is 1.70. The van der Waals surface area contributed by atoms with Crippen LogP contribution in [0.3, 0.4) is 0 Å². The molecule has 3 nitrogen and oxygen atoms in total. The third kappa shape index (κ3) is 4.22. The van der Waals surface area contributed by atoms with Gasteiger partial charge in [0.15, 0.2) is 0 Å². The monoisotopic (exact) mass is 335 g/mol. The maximum absolute atomic E-state index is 12.6. The Kier molecular flexibility index (Phi) is 4.58. The summed E-state index contributed by atoms with van der Waals surface area (Å²) in [7, 11) is 0. The summed E-state index contributed by atoms with van der Waals surface area (Å²) in [6.45, 7) is 1.77. The number of benzene rings is 1. The fraction of sp³-hybridized carbons (Fsp3) is 0.231. The molecule has 0 bridgehead atoms. The molecule has 21 heavy (non-hydrogen) atoms. The van der Waals surface area contributed by atoms with E-state index < -0.39 is 12.0 Å². The van der Waals surface area contributed by atoms with Gasteiger partial charge in [0.05, 0.1) is 0 Å². The quantitative estimate of drug-likeness (QED) is 0.804. The highest BCUT2D eigenvalue weighted by Crippen LogP contribution is 2.29. The van der Waals surface area contributed by atoms with E-state index in [0.29, 0.717) is 5.02 Å². The molecular formula is C13H10Cl2F3N3. The molecule has 8 heteroatoms. The lowest BCUT2D eigenvalue weighted by atomic mass is 10.1. The number of hydrogen-bond donors (Lipinski definition) is 1. The Balaban J connectivity index is 2.25. The first-order chi connectivity index (χ1) is 9.75. The second-order valence-electron chi connectivity index (χ2n) is 4.32. The molecule has 0 amide bonds. The standard InChI is InChI=1S/C13H10Cl2F3N3/c1-7(8-3-2-4-9(14)5-8)19-11-6-10(15)20-12(21-11)13(16,17)18/h2-7H,1H3,(H,19,20,21). The number of hydrogen-bond acceptors (Lipinski definition) is 3. The number of nitrogens with one attached hydrogen (secondary N) is 1. The molecule has 0 aliphatic heterocycles. The zero-order valence-corrected chi connectivity index (χ0v) is 12.3. The molecule has 0 spiro atoms. The molecule has 1 heterocycles. The van der Waals surface area contributed by atoms with Crippen LogP contribution in [0.25, 0.3) is 0 Å². The van der Waals surface area contributed by atoms with Crippen LogP contribution in [0.5, 0.6) is 0 Å². The lowest BCUT2D eigenvalue weighted by molar-refractivity contribution is -0.144. The maximum Gasteiger partial charge on any atom is 0.451 e. The van der Waals surface area contributed by atoms with Gasteiger partial charge in [-0.3, -0.25) is 0 Å². The molecule has 1 N–H and O–H groups in total. The van der Waals surface area contributed by atoms with E-state index in [1.54, 1.807) is 31.2 Å². The minimum absolute atomic E-state index is 0.00481. The topological polar surface area (TPSA) is 37.8 Å². The van der Waals surface area contributed by atoms with Crippen molar-refractivity contribution in [1.82, 2.24) is 9.97 Å². The minimum Gasteiger partial charge on any atom is -0.363 e. The van der Waals surface area contributed by atoms with Gasteiger partial charge in [-0.1, -0.05) is 35.3 Å². The lowest BCUT2D eigenvalue weighted by Gasteiger charge is -2.16. The van der Waals surface area contributed by atoms with Crippen LogP contribution in [-0.4, -0.2) is 9.97 Å². The molecular weight excluding hydrogens is 326 g/mol. The van der Waals surface area contributed by atoms with E-state index in [1.807, 2.05) is 0 Å². The molecule has 2 rings (SSSR count). The van der Waals surface area contributed by atoms with Gasteiger partial charge in [-0.05, 0) is 24.6 Å². The van der Waals surface area contributed by atoms with Gasteiger partial charge in [0, 0.05) is 17.1 Å². The number of alkyl halides is 3. The smallest absolute Gasteiger partial charge is 0.363 e.